The van der Waals surface area contributed by atoms with E-state index in [-0.39, 0.29) is 17.7 Å². The average molecular weight is 373 g/mol. The molecule has 0 saturated heterocycles. The van der Waals surface area contributed by atoms with Crippen molar-refractivity contribution in [2.75, 3.05) is 30.9 Å². The van der Waals surface area contributed by atoms with E-state index < -0.39 is 0 Å². The van der Waals surface area contributed by atoms with E-state index in [2.05, 4.69) is 31.1 Å². The predicted octanol–water partition coefficient (Wildman–Crippen LogP) is 2.47. The highest BCUT2D eigenvalue weighted by Crippen LogP contribution is 2.35. The fourth-order valence-corrected chi connectivity index (χ4v) is 2.95. The van der Waals surface area contributed by atoms with Crippen LogP contribution >= 0.6 is 23.4 Å². The number of hydrogen-bond acceptors (Lipinski definition) is 8. The molecule has 130 valence electrons. The maximum Gasteiger partial charge on any atom is 0.243 e. The first-order valence-corrected chi connectivity index (χ1v) is 8.44. The smallest absolute Gasteiger partial charge is 0.243 e. The summed E-state index contributed by atoms with van der Waals surface area (Å²) < 4.78 is 14.0. The van der Waals surface area contributed by atoms with E-state index in [0.29, 0.717) is 34.2 Å². The van der Waals surface area contributed by atoms with Gasteiger partial charge in [-0.15, -0.1) is 0 Å². The van der Waals surface area contributed by atoms with Crippen LogP contribution in [-0.4, -0.2) is 40.3 Å². The second kappa shape index (κ2) is 8.97. The topological polar surface area (TPSA) is 95.0 Å². The molecule has 0 spiro atoms. The number of nitrogens with zero attached hydrogens (tertiary/aromatic N) is 3. The van der Waals surface area contributed by atoms with E-state index >= 15 is 0 Å². The third-order valence-electron chi connectivity index (χ3n) is 2.93. The molecule has 0 radical (unpaired) electrons. The minimum absolute atomic E-state index is 0.0463. The highest BCUT2D eigenvalue weighted by Gasteiger charge is 2.16. The van der Waals surface area contributed by atoms with Crippen LogP contribution in [0.5, 0.6) is 0 Å². The van der Waals surface area contributed by atoms with E-state index in [1.807, 2.05) is 6.92 Å². The molecule has 4 N–H and O–H groups in total. The Morgan fingerprint density at radius 3 is 2.71 bits per heavy atom. The quantitative estimate of drug-likeness (QED) is 0.414. The van der Waals surface area contributed by atoms with E-state index in [0.717, 1.165) is 0 Å². The molecule has 1 atom stereocenters. The Morgan fingerprint density at radius 2 is 2.04 bits per heavy atom. The summed E-state index contributed by atoms with van der Waals surface area (Å²) in [5.74, 6) is 0.269. The Labute approximate surface area is 148 Å². The summed E-state index contributed by atoms with van der Waals surface area (Å²) in [6.07, 6.45) is 0. The molecule has 0 fully saturated rings. The molecule has 7 nitrogen and oxygen atoms in total. The molecule has 0 aliphatic heterocycles. The predicted molar refractivity (Wildman–Crippen MR) is 93.8 cm³/mol. The zero-order valence-electron chi connectivity index (χ0n) is 13.2. The van der Waals surface area contributed by atoms with Crippen LogP contribution in [0.1, 0.15) is 17.7 Å². The maximum absolute atomic E-state index is 14.0. The van der Waals surface area contributed by atoms with Crippen molar-refractivity contribution in [2.45, 2.75) is 17.3 Å². The van der Waals surface area contributed by atoms with Crippen molar-refractivity contribution < 1.29 is 9.50 Å². The van der Waals surface area contributed by atoms with Gasteiger partial charge in [0.05, 0.1) is 6.61 Å². The molecule has 2 aromatic rings. The van der Waals surface area contributed by atoms with Crippen molar-refractivity contribution in [1.29, 1.82) is 0 Å². The Bertz CT molecular complexity index is 692. The fraction of sp³-hybridized carbons (Fsp3) is 0.357. The largest absolute Gasteiger partial charge is 0.395 e. The van der Waals surface area contributed by atoms with Crippen LogP contribution in [-0.2, 0) is 0 Å². The van der Waals surface area contributed by atoms with Gasteiger partial charge in [0.15, 0.2) is 5.16 Å². The first-order chi connectivity index (χ1) is 11.5. The summed E-state index contributed by atoms with van der Waals surface area (Å²) in [7, 11) is 1.68. The Hall–Kier alpha value is -1.68. The molecular weight excluding hydrogens is 355 g/mol. The average Bonchev–Trinajstić information content (AvgIpc) is 2.53. The Kier molecular flexibility index (Phi) is 6.98. The number of rotatable bonds is 8. The number of aromatic nitrogens is 3. The standard InChI is InChI=1S/C14H18ClFN6OS/c1-8(10-4-3-9(15)7-11(10)16)24-14-20-12(18-5-6-23)19-13(21-14)22-17-2/h3-4,7-8,17,23H,5-6H2,1-2H3,(H2,18,19,20,21,22). The number of halogens is 2. The number of aliphatic hydroxyl groups excluding tert-OH is 1. The third-order valence-corrected chi connectivity index (χ3v) is 4.17. The van der Waals surface area contributed by atoms with Gasteiger partial charge in [0.25, 0.3) is 0 Å². The van der Waals surface area contributed by atoms with Crippen LogP contribution in [0, 0.1) is 5.82 Å². The summed E-state index contributed by atoms with van der Waals surface area (Å²) in [5.41, 5.74) is 6.02. The fourth-order valence-electron chi connectivity index (χ4n) is 1.88. The van der Waals surface area contributed by atoms with Crippen molar-refractivity contribution in [3.63, 3.8) is 0 Å². The molecule has 10 heteroatoms. The van der Waals surface area contributed by atoms with Crippen LogP contribution in [0.4, 0.5) is 16.3 Å². The van der Waals surface area contributed by atoms with Crippen LogP contribution in [0.15, 0.2) is 23.4 Å². The van der Waals surface area contributed by atoms with Crippen molar-refractivity contribution in [3.05, 3.63) is 34.6 Å². The van der Waals surface area contributed by atoms with Crippen molar-refractivity contribution in [3.8, 4) is 0 Å². The molecule has 1 aromatic heterocycles. The number of hydrazine groups is 1. The molecule has 0 aliphatic rings. The second-order valence-electron chi connectivity index (χ2n) is 4.72. The number of benzene rings is 1. The summed E-state index contributed by atoms with van der Waals surface area (Å²) in [6, 6.07) is 4.57. The molecule has 0 bridgehead atoms. The van der Waals surface area contributed by atoms with E-state index in [9.17, 15) is 4.39 Å². The molecule has 1 aromatic carbocycles. The normalized spacial score (nSPS) is 12.0. The van der Waals surface area contributed by atoms with Crippen molar-refractivity contribution in [2.24, 2.45) is 0 Å². The van der Waals surface area contributed by atoms with Gasteiger partial charge in [-0.3, -0.25) is 5.43 Å². The van der Waals surface area contributed by atoms with Gasteiger partial charge in [-0.1, -0.05) is 29.4 Å². The summed E-state index contributed by atoms with van der Waals surface area (Å²) in [5, 5.41) is 12.3. The summed E-state index contributed by atoms with van der Waals surface area (Å²) >= 11 is 7.07. The second-order valence-corrected chi connectivity index (χ2v) is 6.46. The highest BCUT2D eigenvalue weighted by molar-refractivity contribution is 7.99. The van der Waals surface area contributed by atoms with Crippen LogP contribution in [0.2, 0.25) is 5.02 Å². The highest BCUT2D eigenvalue weighted by atomic mass is 35.5. The molecule has 1 heterocycles. The molecule has 0 amide bonds. The van der Waals surface area contributed by atoms with Crippen molar-refractivity contribution >= 4 is 35.3 Å². The summed E-state index contributed by atoms with van der Waals surface area (Å²) in [6.45, 7) is 2.12. The molecule has 24 heavy (non-hydrogen) atoms. The third kappa shape index (κ3) is 5.17. The van der Waals surface area contributed by atoms with E-state index in [1.165, 1.54) is 17.8 Å². The minimum atomic E-state index is -0.372. The molecule has 1 unspecified atom stereocenters. The maximum atomic E-state index is 14.0. The first-order valence-electron chi connectivity index (χ1n) is 7.18. The number of nitrogens with one attached hydrogen (secondary N) is 3. The lowest BCUT2D eigenvalue weighted by atomic mass is 10.1. The van der Waals surface area contributed by atoms with Gasteiger partial charge in [0.1, 0.15) is 5.82 Å². The SMILES string of the molecule is CNNc1nc(NCCO)nc(SC(C)c2ccc(Cl)cc2F)n1. The number of thioether (sulfide) groups is 1. The monoisotopic (exact) mass is 372 g/mol. The van der Waals surface area contributed by atoms with Gasteiger partial charge >= 0.3 is 0 Å². The molecule has 2 rings (SSSR count). The Balaban J connectivity index is 2.21. The van der Waals surface area contributed by atoms with Gasteiger partial charge < -0.3 is 10.4 Å². The number of anilines is 2. The van der Waals surface area contributed by atoms with E-state index in [4.69, 9.17) is 16.7 Å². The lowest BCUT2D eigenvalue weighted by Crippen LogP contribution is -2.19. The zero-order valence-corrected chi connectivity index (χ0v) is 14.7. The van der Waals surface area contributed by atoms with Gasteiger partial charge in [0, 0.05) is 29.4 Å². The first kappa shape index (κ1) is 18.7. The van der Waals surface area contributed by atoms with Gasteiger partial charge in [-0.05, 0) is 19.1 Å². The minimum Gasteiger partial charge on any atom is -0.395 e. The lowest BCUT2D eigenvalue weighted by Gasteiger charge is -2.13. The van der Waals surface area contributed by atoms with Crippen LogP contribution in [0.25, 0.3) is 0 Å². The zero-order chi connectivity index (χ0) is 17.5. The number of aliphatic hydroxyl groups is 1. The van der Waals surface area contributed by atoms with Gasteiger partial charge in [-0.25, -0.2) is 9.82 Å². The molecule has 0 aliphatic carbocycles. The van der Waals surface area contributed by atoms with Gasteiger partial charge in [-0.2, -0.15) is 15.0 Å². The lowest BCUT2D eigenvalue weighted by molar-refractivity contribution is 0.310. The van der Waals surface area contributed by atoms with E-state index in [1.54, 1.807) is 19.2 Å². The number of hydrogen-bond donors (Lipinski definition) is 4. The van der Waals surface area contributed by atoms with Crippen molar-refractivity contribution in [1.82, 2.24) is 20.4 Å². The molecular formula is C14H18ClFN6OS. The van der Waals surface area contributed by atoms with Crippen LogP contribution < -0.4 is 16.2 Å². The van der Waals surface area contributed by atoms with Crippen LogP contribution in [0.3, 0.4) is 0 Å². The van der Waals surface area contributed by atoms with Gasteiger partial charge in [0.2, 0.25) is 11.9 Å². The molecule has 0 saturated carbocycles. The Morgan fingerprint density at radius 1 is 1.29 bits per heavy atom. The summed E-state index contributed by atoms with van der Waals surface area (Å²) in [4.78, 5) is 12.7.